The summed E-state index contributed by atoms with van der Waals surface area (Å²) in [5, 5.41) is 3.81. The molecule has 1 atom stereocenters. The van der Waals surface area contributed by atoms with Gasteiger partial charge in [0.05, 0.1) is 6.04 Å². The van der Waals surface area contributed by atoms with Gasteiger partial charge in [-0.1, -0.05) is 19.0 Å². The number of hydrogen-bond acceptors (Lipinski definition) is 4. The molecule has 0 aliphatic rings. The topological polar surface area (TPSA) is 64.9 Å². The molecule has 0 saturated carbocycles. The second-order valence-electron chi connectivity index (χ2n) is 2.81. The minimum Gasteiger partial charge on any atom is -0.338 e. The number of aromatic nitrogens is 2. The van der Waals surface area contributed by atoms with Crippen LogP contribution in [0.2, 0.25) is 0 Å². The van der Waals surface area contributed by atoms with E-state index in [0.717, 1.165) is 25.1 Å². The van der Waals surface area contributed by atoms with E-state index in [-0.39, 0.29) is 6.04 Å². The number of nitrogens with zero attached hydrogens (tertiary/aromatic N) is 2. The third-order valence-electron chi connectivity index (χ3n) is 1.71. The van der Waals surface area contributed by atoms with Crippen molar-refractivity contribution in [3.8, 4) is 0 Å². The van der Waals surface area contributed by atoms with Crippen molar-refractivity contribution in [2.75, 3.05) is 0 Å². The van der Waals surface area contributed by atoms with Crippen LogP contribution in [0.3, 0.4) is 0 Å². The summed E-state index contributed by atoms with van der Waals surface area (Å²) in [5.41, 5.74) is 5.71. The summed E-state index contributed by atoms with van der Waals surface area (Å²) in [6.07, 6.45) is 2.72. The highest BCUT2D eigenvalue weighted by Gasteiger charge is 2.11. The lowest BCUT2D eigenvalue weighted by Gasteiger charge is -1.98. The van der Waals surface area contributed by atoms with Crippen molar-refractivity contribution in [3.05, 3.63) is 11.7 Å². The van der Waals surface area contributed by atoms with Crippen LogP contribution >= 0.6 is 0 Å². The molecule has 1 heterocycles. The molecule has 1 aromatic rings. The number of aryl methyl sites for hydroxylation is 1. The van der Waals surface area contributed by atoms with Crippen molar-refractivity contribution in [1.82, 2.24) is 10.1 Å². The van der Waals surface area contributed by atoms with E-state index >= 15 is 0 Å². The first kappa shape index (κ1) is 9.19. The molecular weight excluding hydrogens is 154 g/mol. The van der Waals surface area contributed by atoms with Gasteiger partial charge in [-0.05, 0) is 12.8 Å². The van der Waals surface area contributed by atoms with E-state index < -0.39 is 0 Å². The molecule has 0 aromatic carbocycles. The highest BCUT2D eigenvalue weighted by Crippen LogP contribution is 2.10. The second kappa shape index (κ2) is 4.21. The Hall–Kier alpha value is -0.900. The van der Waals surface area contributed by atoms with E-state index in [4.69, 9.17) is 10.3 Å². The fourth-order valence-corrected chi connectivity index (χ4v) is 0.918. The van der Waals surface area contributed by atoms with Crippen molar-refractivity contribution in [2.24, 2.45) is 5.73 Å². The molecule has 0 bridgehead atoms. The van der Waals surface area contributed by atoms with Crippen molar-refractivity contribution >= 4 is 0 Å². The smallest absolute Gasteiger partial charge is 0.243 e. The van der Waals surface area contributed by atoms with Crippen LogP contribution in [-0.2, 0) is 6.42 Å². The molecule has 1 rings (SSSR count). The van der Waals surface area contributed by atoms with Crippen LogP contribution in [-0.4, -0.2) is 10.1 Å². The Labute approximate surface area is 72.1 Å². The molecule has 0 fully saturated rings. The molecule has 0 radical (unpaired) electrons. The third kappa shape index (κ3) is 2.04. The lowest BCUT2D eigenvalue weighted by Crippen LogP contribution is -2.08. The fraction of sp³-hybridized carbons (Fsp3) is 0.750. The van der Waals surface area contributed by atoms with Crippen LogP contribution in [0.4, 0.5) is 0 Å². The average molecular weight is 169 g/mol. The standard InChI is InChI=1S/C8H15N3O/c1-3-5-7-10-8(12-11-7)6(9)4-2/h6H,3-5,9H2,1-2H3. The first-order chi connectivity index (χ1) is 5.77. The molecule has 68 valence electrons. The summed E-state index contributed by atoms with van der Waals surface area (Å²) in [6, 6.07) is -0.108. The first-order valence-corrected chi connectivity index (χ1v) is 4.36. The maximum atomic E-state index is 5.71. The summed E-state index contributed by atoms with van der Waals surface area (Å²) >= 11 is 0. The monoisotopic (exact) mass is 169 g/mol. The van der Waals surface area contributed by atoms with Gasteiger partial charge < -0.3 is 10.3 Å². The van der Waals surface area contributed by atoms with Crippen molar-refractivity contribution in [1.29, 1.82) is 0 Å². The Balaban J connectivity index is 2.63. The van der Waals surface area contributed by atoms with Crippen molar-refractivity contribution in [3.63, 3.8) is 0 Å². The van der Waals surface area contributed by atoms with Gasteiger partial charge in [0.15, 0.2) is 5.82 Å². The van der Waals surface area contributed by atoms with Crippen LogP contribution in [0, 0.1) is 0 Å². The van der Waals surface area contributed by atoms with Gasteiger partial charge in [0, 0.05) is 6.42 Å². The normalized spacial score (nSPS) is 13.2. The van der Waals surface area contributed by atoms with E-state index in [2.05, 4.69) is 17.1 Å². The quantitative estimate of drug-likeness (QED) is 0.740. The van der Waals surface area contributed by atoms with Gasteiger partial charge in [-0.3, -0.25) is 0 Å². The molecule has 2 N–H and O–H groups in total. The maximum absolute atomic E-state index is 5.71. The van der Waals surface area contributed by atoms with Crippen LogP contribution < -0.4 is 5.73 Å². The summed E-state index contributed by atoms with van der Waals surface area (Å²) in [4.78, 5) is 4.17. The first-order valence-electron chi connectivity index (χ1n) is 4.36. The maximum Gasteiger partial charge on any atom is 0.243 e. The van der Waals surface area contributed by atoms with Gasteiger partial charge in [-0.25, -0.2) is 0 Å². The molecule has 0 amide bonds. The van der Waals surface area contributed by atoms with Crippen LogP contribution in [0.15, 0.2) is 4.52 Å². The number of nitrogens with two attached hydrogens (primary N) is 1. The average Bonchev–Trinajstić information content (AvgIpc) is 2.52. The van der Waals surface area contributed by atoms with E-state index in [1.54, 1.807) is 0 Å². The van der Waals surface area contributed by atoms with Crippen LogP contribution in [0.1, 0.15) is 44.4 Å². The van der Waals surface area contributed by atoms with Crippen LogP contribution in [0.25, 0.3) is 0 Å². The molecular formula is C8H15N3O. The molecule has 12 heavy (non-hydrogen) atoms. The zero-order valence-corrected chi connectivity index (χ0v) is 7.58. The Morgan fingerprint density at radius 2 is 2.25 bits per heavy atom. The summed E-state index contributed by atoms with van der Waals surface area (Å²) in [6.45, 7) is 4.07. The van der Waals surface area contributed by atoms with E-state index in [9.17, 15) is 0 Å². The summed E-state index contributed by atoms with van der Waals surface area (Å²) < 4.78 is 4.98. The van der Waals surface area contributed by atoms with Gasteiger partial charge in [-0.2, -0.15) is 4.98 Å². The van der Waals surface area contributed by atoms with Crippen molar-refractivity contribution in [2.45, 2.75) is 39.2 Å². The Bertz CT molecular complexity index is 234. The SMILES string of the molecule is CCCc1noc(C(N)CC)n1. The lowest BCUT2D eigenvalue weighted by atomic mass is 10.2. The molecule has 4 nitrogen and oxygen atoms in total. The minimum atomic E-state index is -0.108. The zero-order valence-electron chi connectivity index (χ0n) is 7.58. The van der Waals surface area contributed by atoms with Gasteiger partial charge in [0.1, 0.15) is 0 Å². The predicted octanol–water partition coefficient (Wildman–Crippen LogP) is 1.43. The van der Waals surface area contributed by atoms with Gasteiger partial charge in [0.2, 0.25) is 5.89 Å². The minimum absolute atomic E-state index is 0.108. The van der Waals surface area contributed by atoms with Gasteiger partial charge in [-0.15, -0.1) is 0 Å². The van der Waals surface area contributed by atoms with Crippen molar-refractivity contribution < 1.29 is 4.52 Å². The summed E-state index contributed by atoms with van der Waals surface area (Å²) in [5.74, 6) is 1.32. The van der Waals surface area contributed by atoms with Gasteiger partial charge in [0.25, 0.3) is 0 Å². The zero-order chi connectivity index (χ0) is 8.97. The molecule has 0 aliphatic heterocycles. The highest BCUT2D eigenvalue weighted by molar-refractivity contribution is 4.91. The Morgan fingerprint density at radius 1 is 1.50 bits per heavy atom. The Kier molecular flexibility index (Phi) is 3.22. The fourth-order valence-electron chi connectivity index (χ4n) is 0.918. The predicted molar refractivity (Wildman–Crippen MR) is 45.5 cm³/mol. The third-order valence-corrected chi connectivity index (χ3v) is 1.71. The highest BCUT2D eigenvalue weighted by atomic mass is 16.5. The largest absolute Gasteiger partial charge is 0.338 e. The molecule has 0 saturated heterocycles. The van der Waals surface area contributed by atoms with E-state index in [1.165, 1.54) is 0 Å². The van der Waals surface area contributed by atoms with Crippen LogP contribution in [0.5, 0.6) is 0 Å². The Morgan fingerprint density at radius 3 is 2.83 bits per heavy atom. The van der Waals surface area contributed by atoms with E-state index in [1.807, 2.05) is 6.92 Å². The molecule has 1 aromatic heterocycles. The summed E-state index contributed by atoms with van der Waals surface area (Å²) in [7, 11) is 0. The molecule has 4 heteroatoms. The molecule has 0 aliphatic carbocycles. The number of hydrogen-bond donors (Lipinski definition) is 1. The molecule has 1 unspecified atom stereocenters. The second-order valence-corrected chi connectivity index (χ2v) is 2.81. The number of rotatable bonds is 4. The van der Waals surface area contributed by atoms with Gasteiger partial charge >= 0.3 is 0 Å². The van der Waals surface area contributed by atoms with E-state index in [0.29, 0.717) is 5.89 Å². The molecule has 0 spiro atoms. The lowest BCUT2D eigenvalue weighted by molar-refractivity contribution is 0.348.